The molecule has 8 nitrogen and oxygen atoms in total. The predicted molar refractivity (Wildman–Crippen MR) is 120 cm³/mol. The van der Waals surface area contributed by atoms with Crippen molar-refractivity contribution >= 4 is 50.1 Å². The zero-order valence-corrected chi connectivity index (χ0v) is 19.3. The monoisotopic (exact) mass is 498 g/mol. The second-order valence-corrected chi connectivity index (χ2v) is 9.81. The van der Waals surface area contributed by atoms with E-state index in [0.29, 0.717) is 10.9 Å². The fourth-order valence-corrected chi connectivity index (χ4v) is 5.30. The van der Waals surface area contributed by atoms with Gasteiger partial charge in [0.25, 0.3) is 0 Å². The van der Waals surface area contributed by atoms with Crippen LogP contribution in [0.2, 0.25) is 10.0 Å². The maximum Gasteiger partial charge on any atom is 0.354 e. The van der Waals surface area contributed by atoms with Crippen LogP contribution in [0.15, 0.2) is 35.2 Å². The van der Waals surface area contributed by atoms with E-state index in [1.54, 1.807) is 6.92 Å². The Labute approximate surface area is 194 Å². The summed E-state index contributed by atoms with van der Waals surface area (Å²) in [5, 5.41) is 10.9. The molecule has 0 radical (unpaired) electrons. The first-order valence-corrected chi connectivity index (χ1v) is 12.1. The van der Waals surface area contributed by atoms with Crippen LogP contribution < -0.4 is 9.46 Å². The molecule has 0 saturated heterocycles. The zero-order chi connectivity index (χ0) is 23.0. The third-order valence-corrected chi connectivity index (χ3v) is 7.34. The van der Waals surface area contributed by atoms with Crippen LogP contribution in [-0.2, 0) is 14.8 Å². The molecule has 11 heteroatoms. The molecule has 32 heavy (non-hydrogen) atoms. The Morgan fingerprint density at radius 2 is 2.00 bits per heavy atom. The average molecular weight is 499 g/mol. The molecule has 170 valence electrons. The van der Waals surface area contributed by atoms with Crippen molar-refractivity contribution in [1.29, 1.82) is 0 Å². The molecular formula is C21H20Cl2N2O6S. The smallest absolute Gasteiger partial charge is 0.354 e. The van der Waals surface area contributed by atoms with Crippen LogP contribution >= 0.6 is 23.2 Å². The highest BCUT2D eigenvalue weighted by molar-refractivity contribution is 7.89. The van der Waals surface area contributed by atoms with Crippen molar-refractivity contribution in [3.05, 3.63) is 46.1 Å². The number of aromatic hydroxyl groups is 1. The molecule has 0 spiro atoms. The number of carbonyl (C=O) groups is 1. The number of benzene rings is 2. The standard InChI is InChI=1S/C21H20Cl2N2O6S/c1-2-30-21(27)16-9-13-15(24-16)10-14(22)20(19(13)23)31-12-6-7-17(26)18(8-12)32(28,29)25-11-4-3-5-11/h6-11,24-26H,2-5H2,1H3. The summed E-state index contributed by atoms with van der Waals surface area (Å²) in [7, 11) is -3.93. The topological polar surface area (TPSA) is 118 Å². The number of aromatic nitrogens is 1. The van der Waals surface area contributed by atoms with Crippen LogP contribution in [0.1, 0.15) is 36.7 Å². The predicted octanol–water partition coefficient (Wildman–Crippen LogP) is 4.98. The lowest BCUT2D eigenvalue weighted by Crippen LogP contribution is -2.39. The summed E-state index contributed by atoms with van der Waals surface area (Å²) in [5.74, 6) is -0.746. The molecule has 0 atom stereocenters. The number of ether oxygens (including phenoxy) is 2. The lowest BCUT2D eigenvalue weighted by molar-refractivity contribution is 0.0520. The maximum absolute atomic E-state index is 12.7. The average Bonchev–Trinajstić information content (AvgIpc) is 3.14. The van der Waals surface area contributed by atoms with Gasteiger partial charge in [-0.2, -0.15) is 0 Å². The van der Waals surface area contributed by atoms with Gasteiger partial charge in [0.2, 0.25) is 10.0 Å². The van der Waals surface area contributed by atoms with Crippen LogP contribution in [0.4, 0.5) is 0 Å². The fraction of sp³-hybridized carbons (Fsp3) is 0.286. The molecule has 0 bridgehead atoms. The van der Waals surface area contributed by atoms with E-state index in [1.165, 1.54) is 30.3 Å². The van der Waals surface area contributed by atoms with E-state index in [1.807, 2.05) is 0 Å². The highest BCUT2D eigenvalue weighted by Crippen LogP contribution is 2.42. The molecule has 1 aliphatic carbocycles. The summed E-state index contributed by atoms with van der Waals surface area (Å²) in [4.78, 5) is 14.6. The number of H-pyrrole nitrogens is 1. The summed E-state index contributed by atoms with van der Waals surface area (Å²) >= 11 is 12.8. The Bertz CT molecular complexity index is 1300. The number of phenols is 1. The summed E-state index contributed by atoms with van der Waals surface area (Å²) in [6, 6.07) is 6.74. The minimum Gasteiger partial charge on any atom is -0.507 e. The van der Waals surface area contributed by atoms with E-state index in [4.69, 9.17) is 32.7 Å². The number of phenolic OH excluding ortho intramolecular Hbond substituents is 1. The molecule has 1 saturated carbocycles. The Morgan fingerprint density at radius 3 is 2.66 bits per heavy atom. The quantitative estimate of drug-likeness (QED) is 0.395. The van der Waals surface area contributed by atoms with Gasteiger partial charge in [-0.05, 0) is 44.0 Å². The normalized spacial score (nSPS) is 14.3. The fourth-order valence-electron chi connectivity index (χ4n) is 3.30. The van der Waals surface area contributed by atoms with Crippen LogP contribution in [0.5, 0.6) is 17.2 Å². The van der Waals surface area contributed by atoms with Crippen molar-refractivity contribution < 1.29 is 27.8 Å². The molecule has 3 aromatic rings. The van der Waals surface area contributed by atoms with Crippen molar-refractivity contribution in [3.8, 4) is 17.2 Å². The molecule has 3 N–H and O–H groups in total. The van der Waals surface area contributed by atoms with Crippen molar-refractivity contribution in [2.45, 2.75) is 37.1 Å². The molecular weight excluding hydrogens is 479 g/mol. The van der Waals surface area contributed by atoms with Gasteiger partial charge in [0, 0.05) is 23.0 Å². The highest BCUT2D eigenvalue weighted by Gasteiger charge is 2.27. The van der Waals surface area contributed by atoms with Crippen molar-refractivity contribution in [3.63, 3.8) is 0 Å². The first-order valence-electron chi connectivity index (χ1n) is 9.90. The van der Waals surface area contributed by atoms with Gasteiger partial charge < -0.3 is 19.6 Å². The number of hydrogen-bond donors (Lipinski definition) is 3. The number of fused-ring (bicyclic) bond motifs is 1. The largest absolute Gasteiger partial charge is 0.507 e. The Kier molecular flexibility index (Phi) is 6.26. The highest BCUT2D eigenvalue weighted by atomic mass is 35.5. The summed E-state index contributed by atoms with van der Waals surface area (Å²) in [6.45, 7) is 1.92. The zero-order valence-electron chi connectivity index (χ0n) is 16.9. The number of sulfonamides is 1. The van der Waals surface area contributed by atoms with Crippen LogP contribution in [0.3, 0.4) is 0 Å². The lowest BCUT2D eigenvalue weighted by atomic mass is 9.94. The summed E-state index contributed by atoms with van der Waals surface area (Å²) < 4.78 is 38.7. The van der Waals surface area contributed by atoms with Gasteiger partial charge in [-0.15, -0.1) is 0 Å². The lowest BCUT2D eigenvalue weighted by Gasteiger charge is -2.26. The first kappa shape index (κ1) is 22.7. The summed E-state index contributed by atoms with van der Waals surface area (Å²) in [5.41, 5.74) is 0.714. The van der Waals surface area contributed by atoms with Crippen molar-refractivity contribution in [1.82, 2.24) is 9.71 Å². The van der Waals surface area contributed by atoms with Crippen LogP contribution in [0, 0.1) is 0 Å². The number of aromatic amines is 1. The Hall–Kier alpha value is -2.46. The van der Waals surface area contributed by atoms with Gasteiger partial charge in [-0.1, -0.05) is 29.6 Å². The Morgan fingerprint density at radius 1 is 1.25 bits per heavy atom. The third-order valence-electron chi connectivity index (χ3n) is 5.14. The van der Waals surface area contributed by atoms with Gasteiger partial charge in [0.1, 0.15) is 22.1 Å². The van der Waals surface area contributed by atoms with E-state index in [-0.39, 0.29) is 44.8 Å². The molecule has 0 unspecified atom stereocenters. The molecule has 4 rings (SSSR count). The molecule has 1 fully saturated rings. The van der Waals surface area contributed by atoms with E-state index in [9.17, 15) is 18.3 Å². The van der Waals surface area contributed by atoms with E-state index in [2.05, 4.69) is 9.71 Å². The first-order chi connectivity index (χ1) is 15.2. The van der Waals surface area contributed by atoms with Crippen LogP contribution in [0.25, 0.3) is 10.9 Å². The maximum atomic E-state index is 12.7. The van der Waals surface area contributed by atoms with Crippen molar-refractivity contribution in [2.75, 3.05) is 6.61 Å². The second-order valence-electron chi connectivity index (χ2n) is 7.35. The third kappa shape index (κ3) is 4.38. The van der Waals surface area contributed by atoms with E-state index >= 15 is 0 Å². The van der Waals surface area contributed by atoms with Crippen LogP contribution in [-0.4, -0.2) is 37.1 Å². The van der Waals surface area contributed by atoms with Gasteiger partial charge in [-0.25, -0.2) is 17.9 Å². The summed E-state index contributed by atoms with van der Waals surface area (Å²) in [6.07, 6.45) is 2.47. The van der Waals surface area contributed by atoms with E-state index < -0.39 is 21.7 Å². The number of rotatable bonds is 7. The minimum absolute atomic E-state index is 0.0798. The number of nitrogens with one attached hydrogen (secondary N) is 2. The minimum atomic E-state index is -3.93. The molecule has 2 aromatic carbocycles. The van der Waals surface area contributed by atoms with Gasteiger partial charge in [-0.3, -0.25) is 0 Å². The second kappa shape index (κ2) is 8.82. The van der Waals surface area contributed by atoms with Gasteiger partial charge in [0.15, 0.2) is 5.75 Å². The molecule has 1 aliphatic rings. The number of halogens is 2. The van der Waals surface area contributed by atoms with E-state index in [0.717, 1.165) is 19.3 Å². The molecule has 0 amide bonds. The number of hydrogen-bond acceptors (Lipinski definition) is 6. The van der Waals surface area contributed by atoms with Gasteiger partial charge >= 0.3 is 5.97 Å². The number of esters is 1. The molecule has 0 aliphatic heterocycles. The Balaban J connectivity index is 1.68. The molecule has 1 aromatic heterocycles. The number of carbonyl (C=O) groups excluding carboxylic acids is 1. The SMILES string of the molecule is CCOC(=O)c1cc2c(Cl)c(Oc3ccc(O)c(S(=O)(=O)NC4CCC4)c3)c(Cl)cc2[nH]1. The van der Waals surface area contributed by atoms with Crippen molar-refractivity contribution in [2.24, 2.45) is 0 Å². The van der Waals surface area contributed by atoms with Gasteiger partial charge in [0.05, 0.1) is 16.7 Å². The molecule has 1 heterocycles.